The second-order valence-corrected chi connectivity index (χ2v) is 8.01. The van der Waals surface area contributed by atoms with Gasteiger partial charge in [0.1, 0.15) is 11.4 Å². The molecule has 0 N–H and O–H groups in total. The fourth-order valence-electron chi connectivity index (χ4n) is 4.61. The molecule has 5 rings (SSSR count). The van der Waals surface area contributed by atoms with Crippen LogP contribution < -0.4 is 0 Å². The van der Waals surface area contributed by atoms with Crippen molar-refractivity contribution >= 4 is 6.08 Å². The average molecular weight is 428 g/mol. The van der Waals surface area contributed by atoms with Crippen LogP contribution in [0.4, 0.5) is 0 Å². The molecular formula is C30H25N3. The fourth-order valence-corrected chi connectivity index (χ4v) is 4.61. The van der Waals surface area contributed by atoms with E-state index < -0.39 is 5.54 Å². The summed E-state index contributed by atoms with van der Waals surface area (Å²) >= 11 is 0. The van der Waals surface area contributed by atoms with E-state index >= 15 is 0 Å². The first-order valence-electron chi connectivity index (χ1n) is 11.1. The number of pyridine rings is 1. The van der Waals surface area contributed by atoms with E-state index in [1.807, 2.05) is 30.6 Å². The Balaban J connectivity index is 1.81. The number of nitrogens with zero attached hydrogens (tertiary/aromatic N) is 3. The molecule has 0 saturated carbocycles. The Morgan fingerprint density at radius 2 is 1.18 bits per heavy atom. The Kier molecular flexibility index (Phi) is 5.69. The molecule has 0 unspecified atom stereocenters. The van der Waals surface area contributed by atoms with Crippen molar-refractivity contribution in [1.29, 1.82) is 0 Å². The van der Waals surface area contributed by atoms with Gasteiger partial charge >= 0.3 is 0 Å². The van der Waals surface area contributed by atoms with E-state index in [4.69, 9.17) is 4.98 Å². The van der Waals surface area contributed by atoms with Gasteiger partial charge in [0.2, 0.25) is 0 Å². The molecule has 0 aliphatic carbocycles. The zero-order chi connectivity index (χ0) is 22.5. The summed E-state index contributed by atoms with van der Waals surface area (Å²) in [5, 5.41) is 0. The van der Waals surface area contributed by atoms with Crippen molar-refractivity contribution in [1.82, 2.24) is 14.5 Å². The van der Waals surface area contributed by atoms with Gasteiger partial charge in [-0.05, 0) is 40.5 Å². The first kappa shape index (κ1) is 20.7. The van der Waals surface area contributed by atoms with E-state index in [0.29, 0.717) is 0 Å². The monoisotopic (exact) mass is 427 g/mol. The van der Waals surface area contributed by atoms with Gasteiger partial charge in [-0.2, -0.15) is 0 Å². The standard InChI is InChI=1S/C30H25N3/c1-2-29-32-28(22-24-18-20-31-21-19-24)23-33(29)30(25-12-6-3-7-13-25,26-14-8-4-9-15-26)27-16-10-5-11-17-27/h2-21,23H,1,22H2. The van der Waals surface area contributed by atoms with Crippen LogP contribution in [0.25, 0.3) is 6.08 Å². The molecule has 3 nitrogen and oxygen atoms in total. The number of aromatic nitrogens is 3. The lowest BCUT2D eigenvalue weighted by Gasteiger charge is -2.38. The molecular weight excluding hydrogens is 402 g/mol. The summed E-state index contributed by atoms with van der Waals surface area (Å²) in [6, 6.07) is 36.0. The molecule has 33 heavy (non-hydrogen) atoms. The Morgan fingerprint density at radius 3 is 1.64 bits per heavy atom. The van der Waals surface area contributed by atoms with E-state index in [1.54, 1.807) is 0 Å². The van der Waals surface area contributed by atoms with Crippen LogP contribution in [0.3, 0.4) is 0 Å². The minimum Gasteiger partial charge on any atom is -0.313 e. The van der Waals surface area contributed by atoms with Gasteiger partial charge in [-0.25, -0.2) is 4.98 Å². The molecule has 0 atom stereocenters. The average Bonchev–Trinajstić information content (AvgIpc) is 3.30. The van der Waals surface area contributed by atoms with Crippen LogP contribution in [0.1, 0.15) is 33.8 Å². The highest BCUT2D eigenvalue weighted by atomic mass is 15.1. The van der Waals surface area contributed by atoms with Crippen molar-refractivity contribution in [2.45, 2.75) is 12.0 Å². The third-order valence-electron chi connectivity index (χ3n) is 6.04. The molecule has 0 amide bonds. The molecule has 0 aliphatic rings. The van der Waals surface area contributed by atoms with Gasteiger partial charge in [0.05, 0.1) is 5.69 Å². The van der Waals surface area contributed by atoms with Crippen LogP contribution in [-0.4, -0.2) is 14.5 Å². The molecule has 3 heteroatoms. The topological polar surface area (TPSA) is 30.7 Å². The number of imidazole rings is 1. The molecule has 0 aliphatic heterocycles. The third kappa shape index (κ3) is 3.79. The first-order chi connectivity index (χ1) is 16.3. The number of hydrogen-bond acceptors (Lipinski definition) is 2. The van der Waals surface area contributed by atoms with Gasteiger partial charge in [0.15, 0.2) is 0 Å². The maximum Gasteiger partial charge on any atom is 0.133 e. The SMILES string of the molecule is C=Cc1nc(Cc2ccncc2)cn1C(c1ccccc1)(c1ccccc1)c1ccccc1. The molecule has 5 aromatic rings. The Morgan fingerprint density at radius 1 is 0.697 bits per heavy atom. The largest absolute Gasteiger partial charge is 0.313 e. The summed E-state index contributed by atoms with van der Waals surface area (Å²) in [4.78, 5) is 9.13. The highest BCUT2D eigenvalue weighted by Gasteiger charge is 2.39. The van der Waals surface area contributed by atoms with E-state index in [-0.39, 0.29) is 0 Å². The Hall–Kier alpha value is -4.24. The Labute approximate surface area is 194 Å². The second-order valence-electron chi connectivity index (χ2n) is 8.01. The van der Waals surface area contributed by atoms with Gasteiger partial charge in [0, 0.05) is 25.0 Å². The van der Waals surface area contributed by atoms with Gasteiger partial charge in [-0.1, -0.05) is 97.6 Å². The van der Waals surface area contributed by atoms with Crippen LogP contribution in [0.5, 0.6) is 0 Å². The molecule has 3 aromatic carbocycles. The quantitative estimate of drug-likeness (QED) is 0.283. The maximum atomic E-state index is 4.99. The summed E-state index contributed by atoms with van der Waals surface area (Å²) in [6.07, 6.45) is 8.39. The van der Waals surface area contributed by atoms with Gasteiger partial charge in [0.25, 0.3) is 0 Å². The number of rotatable bonds is 7. The molecule has 0 radical (unpaired) electrons. The molecule has 0 fully saturated rings. The van der Waals surface area contributed by atoms with E-state index in [9.17, 15) is 0 Å². The van der Waals surface area contributed by atoms with Crippen molar-refractivity contribution in [3.05, 3.63) is 162 Å². The van der Waals surface area contributed by atoms with Gasteiger partial charge in [-0.3, -0.25) is 4.98 Å². The van der Waals surface area contributed by atoms with E-state index in [2.05, 4.69) is 113 Å². The molecule has 160 valence electrons. The highest BCUT2D eigenvalue weighted by molar-refractivity contribution is 5.54. The number of hydrogen-bond donors (Lipinski definition) is 0. The lowest BCUT2D eigenvalue weighted by atomic mass is 9.76. The summed E-state index contributed by atoms with van der Waals surface area (Å²) in [7, 11) is 0. The van der Waals surface area contributed by atoms with Crippen LogP contribution in [0.2, 0.25) is 0 Å². The lowest BCUT2D eigenvalue weighted by Crippen LogP contribution is -2.38. The van der Waals surface area contributed by atoms with Crippen LogP contribution in [-0.2, 0) is 12.0 Å². The zero-order valence-electron chi connectivity index (χ0n) is 18.4. The van der Waals surface area contributed by atoms with Crippen molar-refractivity contribution in [2.24, 2.45) is 0 Å². The van der Waals surface area contributed by atoms with E-state index in [1.165, 1.54) is 22.3 Å². The molecule has 0 bridgehead atoms. The van der Waals surface area contributed by atoms with Crippen LogP contribution in [0.15, 0.2) is 128 Å². The zero-order valence-corrected chi connectivity index (χ0v) is 18.4. The predicted molar refractivity (Wildman–Crippen MR) is 134 cm³/mol. The fraction of sp³-hybridized carbons (Fsp3) is 0.0667. The minimum absolute atomic E-state index is 0.600. The highest BCUT2D eigenvalue weighted by Crippen LogP contribution is 2.42. The third-order valence-corrected chi connectivity index (χ3v) is 6.04. The maximum absolute atomic E-state index is 4.99. The minimum atomic E-state index is -0.600. The summed E-state index contributed by atoms with van der Waals surface area (Å²) < 4.78 is 2.27. The van der Waals surface area contributed by atoms with Gasteiger partial charge in [-0.15, -0.1) is 0 Å². The Bertz CT molecular complexity index is 1230. The van der Waals surface area contributed by atoms with Crippen molar-refractivity contribution < 1.29 is 0 Å². The van der Waals surface area contributed by atoms with Crippen LogP contribution >= 0.6 is 0 Å². The predicted octanol–water partition coefficient (Wildman–Crippen LogP) is 6.35. The molecule has 0 saturated heterocycles. The van der Waals surface area contributed by atoms with Crippen molar-refractivity contribution in [2.75, 3.05) is 0 Å². The van der Waals surface area contributed by atoms with Crippen LogP contribution in [0, 0.1) is 0 Å². The molecule has 2 heterocycles. The van der Waals surface area contributed by atoms with Crippen molar-refractivity contribution in [3.63, 3.8) is 0 Å². The second kappa shape index (κ2) is 9.09. The summed E-state index contributed by atoms with van der Waals surface area (Å²) in [6.45, 7) is 4.11. The summed E-state index contributed by atoms with van der Waals surface area (Å²) in [5.41, 5.74) is 5.06. The number of benzene rings is 3. The van der Waals surface area contributed by atoms with Crippen molar-refractivity contribution in [3.8, 4) is 0 Å². The van der Waals surface area contributed by atoms with Gasteiger partial charge < -0.3 is 4.57 Å². The summed E-state index contributed by atoms with van der Waals surface area (Å²) in [5.74, 6) is 0.829. The molecule has 0 spiro atoms. The normalized spacial score (nSPS) is 11.3. The molecule has 2 aromatic heterocycles. The lowest BCUT2D eigenvalue weighted by molar-refractivity contribution is 0.510. The van der Waals surface area contributed by atoms with E-state index in [0.717, 1.165) is 17.9 Å². The first-order valence-corrected chi connectivity index (χ1v) is 11.1. The smallest absolute Gasteiger partial charge is 0.133 e.